The molecule has 6 nitrogen and oxygen atoms in total. The minimum absolute atomic E-state index is 0.240. The number of nitrogens with zero attached hydrogens (tertiary/aromatic N) is 3. The highest BCUT2D eigenvalue weighted by Gasteiger charge is 2.17. The molecule has 0 atom stereocenters. The topological polar surface area (TPSA) is 71.3 Å². The molecule has 0 aromatic carbocycles. The van der Waals surface area contributed by atoms with Gasteiger partial charge in [0.2, 0.25) is 0 Å². The second-order valence-corrected chi connectivity index (χ2v) is 4.45. The smallest absolute Gasteiger partial charge is 0.261 e. The number of nitrogens with one attached hydrogen (secondary N) is 1. The van der Waals surface area contributed by atoms with Gasteiger partial charge in [-0.15, -0.1) is 0 Å². The molecule has 100 valence electrons. The normalized spacial score (nSPS) is 10.3. The molecule has 0 bridgehead atoms. The highest BCUT2D eigenvalue weighted by Crippen LogP contribution is 2.16. The van der Waals surface area contributed by atoms with Crippen LogP contribution in [0.1, 0.15) is 21.8 Å². The van der Waals surface area contributed by atoms with Crippen molar-refractivity contribution in [3.05, 3.63) is 35.3 Å². The summed E-state index contributed by atoms with van der Waals surface area (Å²) in [5, 5.41) is 6.53. The lowest BCUT2D eigenvalue weighted by Crippen LogP contribution is -2.14. The van der Waals surface area contributed by atoms with Crippen LogP contribution in [0.25, 0.3) is 0 Å². The molecule has 0 aliphatic carbocycles. The third-order valence-corrected chi connectivity index (χ3v) is 2.72. The van der Waals surface area contributed by atoms with E-state index in [9.17, 15) is 4.79 Å². The maximum atomic E-state index is 12.1. The van der Waals surface area contributed by atoms with Crippen LogP contribution in [0, 0.1) is 13.8 Å². The molecule has 19 heavy (non-hydrogen) atoms. The Bertz CT molecular complexity index is 568. The molecule has 0 radical (unpaired) electrons. The number of anilines is 2. The van der Waals surface area contributed by atoms with Gasteiger partial charge in [-0.2, -0.15) is 0 Å². The number of rotatable bonds is 3. The Morgan fingerprint density at radius 2 is 2.05 bits per heavy atom. The third-order valence-electron chi connectivity index (χ3n) is 2.72. The molecule has 2 rings (SSSR count). The lowest BCUT2D eigenvalue weighted by atomic mass is 10.2. The third kappa shape index (κ3) is 2.73. The zero-order chi connectivity index (χ0) is 14.0. The number of carbonyl (C=O) groups is 1. The summed E-state index contributed by atoms with van der Waals surface area (Å²) < 4.78 is 4.97. The standard InChI is InChI=1S/C13H16N4O2/c1-8-12(9(2)19-16-8)13(18)15-10-5-6-11(14-7-10)17(3)4/h5-7H,1-4H3,(H,15,18). The number of carbonyl (C=O) groups excluding carboxylic acids is 1. The fraction of sp³-hybridized carbons (Fsp3) is 0.308. The van der Waals surface area contributed by atoms with Gasteiger partial charge in [0, 0.05) is 14.1 Å². The number of amides is 1. The molecule has 0 aliphatic rings. The first-order chi connectivity index (χ1) is 8.99. The fourth-order valence-electron chi connectivity index (χ4n) is 1.73. The van der Waals surface area contributed by atoms with Crippen LogP contribution in [-0.4, -0.2) is 30.1 Å². The van der Waals surface area contributed by atoms with Gasteiger partial charge in [-0.1, -0.05) is 5.16 Å². The molecule has 0 fully saturated rings. The van der Waals surface area contributed by atoms with Crippen LogP contribution in [0.4, 0.5) is 11.5 Å². The van der Waals surface area contributed by atoms with Crippen LogP contribution >= 0.6 is 0 Å². The number of aromatic nitrogens is 2. The molecule has 0 saturated heterocycles. The lowest BCUT2D eigenvalue weighted by molar-refractivity contribution is 0.102. The second-order valence-electron chi connectivity index (χ2n) is 4.45. The molecular weight excluding hydrogens is 244 g/mol. The molecule has 0 spiro atoms. The van der Waals surface area contributed by atoms with Crippen molar-refractivity contribution < 1.29 is 9.32 Å². The van der Waals surface area contributed by atoms with Gasteiger partial charge in [-0.25, -0.2) is 4.98 Å². The van der Waals surface area contributed by atoms with Gasteiger partial charge in [0.1, 0.15) is 17.1 Å². The van der Waals surface area contributed by atoms with Gasteiger partial charge in [-0.3, -0.25) is 4.79 Å². The predicted octanol–water partition coefficient (Wildman–Crippen LogP) is 2.00. The number of hydrogen-bond acceptors (Lipinski definition) is 5. The number of hydrogen-bond donors (Lipinski definition) is 1. The zero-order valence-electron chi connectivity index (χ0n) is 11.4. The van der Waals surface area contributed by atoms with E-state index in [1.54, 1.807) is 26.1 Å². The summed E-state index contributed by atoms with van der Waals surface area (Å²) in [6, 6.07) is 3.64. The molecular formula is C13H16N4O2. The average molecular weight is 260 g/mol. The van der Waals surface area contributed by atoms with Gasteiger partial charge in [0.15, 0.2) is 0 Å². The molecule has 6 heteroatoms. The Labute approximate surface area is 111 Å². The van der Waals surface area contributed by atoms with E-state index in [1.165, 1.54) is 0 Å². The Hall–Kier alpha value is -2.37. The minimum atomic E-state index is -0.240. The summed E-state index contributed by atoms with van der Waals surface area (Å²) in [4.78, 5) is 18.2. The van der Waals surface area contributed by atoms with Gasteiger partial charge < -0.3 is 14.7 Å². The summed E-state index contributed by atoms with van der Waals surface area (Å²) >= 11 is 0. The first-order valence-electron chi connectivity index (χ1n) is 5.86. The summed E-state index contributed by atoms with van der Waals surface area (Å²) in [6.45, 7) is 3.45. The van der Waals surface area contributed by atoms with Crippen LogP contribution in [-0.2, 0) is 0 Å². The molecule has 0 unspecified atom stereocenters. The highest BCUT2D eigenvalue weighted by molar-refractivity contribution is 6.05. The fourth-order valence-corrected chi connectivity index (χ4v) is 1.73. The van der Waals surface area contributed by atoms with E-state index in [0.717, 1.165) is 5.82 Å². The first kappa shape index (κ1) is 13.1. The van der Waals surface area contributed by atoms with Crippen molar-refractivity contribution in [2.24, 2.45) is 0 Å². The molecule has 2 aromatic rings. The summed E-state index contributed by atoms with van der Waals surface area (Å²) in [5.74, 6) is 1.10. The molecule has 2 heterocycles. The van der Waals surface area contributed by atoms with Gasteiger partial charge in [0.25, 0.3) is 5.91 Å². The zero-order valence-corrected chi connectivity index (χ0v) is 11.4. The molecule has 0 saturated carbocycles. The maximum Gasteiger partial charge on any atom is 0.261 e. The van der Waals surface area contributed by atoms with Crippen LogP contribution in [0.2, 0.25) is 0 Å². The summed E-state index contributed by atoms with van der Waals surface area (Å²) in [5.41, 5.74) is 1.68. The maximum absolute atomic E-state index is 12.1. The van der Waals surface area contributed by atoms with Crippen molar-refractivity contribution >= 4 is 17.4 Å². The van der Waals surface area contributed by atoms with Crippen molar-refractivity contribution in [2.75, 3.05) is 24.3 Å². The van der Waals surface area contributed by atoms with E-state index >= 15 is 0 Å². The Kier molecular flexibility index (Phi) is 3.50. The van der Waals surface area contributed by atoms with Crippen molar-refractivity contribution in [2.45, 2.75) is 13.8 Å². The van der Waals surface area contributed by atoms with Crippen LogP contribution in [0.3, 0.4) is 0 Å². The number of aryl methyl sites for hydroxylation is 2. The SMILES string of the molecule is Cc1noc(C)c1C(=O)Nc1ccc(N(C)C)nc1. The van der Waals surface area contributed by atoms with Gasteiger partial charge >= 0.3 is 0 Å². The molecule has 1 N–H and O–H groups in total. The Morgan fingerprint density at radius 3 is 2.53 bits per heavy atom. The average Bonchev–Trinajstić information content (AvgIpc) is 2.69. The highest BCUT2D eigenvalue weighted by atomic mass is 16.5. The van der Waals surface area contributed by atoms with Crippen LogP contribution in [0.15, 0.2) is 22.9 Å². The summed E-state index contributed by atoms with van der Waals surface area (Å²) in [6.07, 6.45) is 1.62. The van der Waals surface area contributed by atoms with E-state index in [2.05, 4.69) is 15.5 Å². The van der Waals surface area contributed by atoms with Crippen molar-refractivity contribution in [1.29, 1.82) is 0 Å². The Morgan fingerprint density at radius 1 is 1.32 bits per heavy atom. The first-order valence-corrected chi connectivity index (χ1v) is 5.86. The van der Waals surface area contributed by atoms with Crippen molar-refractivity contribution in [1.82, 2.24) is 10.1 Å². The molecule has 2 aromatic heterocycles. The lowest BCUT2D eigenvalue weighted by Gasteiger charge is -2.11. The van der Waals surface area contributed by atoms with E-state index < -0.39 is 0 Å². The Balaban J connectivity index is 2.15. The van der Waals surface area contributed by atoms with Crippen molar-refractivity contribution in [3.8, 4) is 0 Å². The van der Waals surface area contributed by atoms with E-state index in [0.29, 0.717) is 22.7 Å². The van der Waals surface area contributed by atoms with E-state index in [-0.39, 0.29) is 5.91 Å². The largest absolute Gasteiger partial charge is 0.363 e. The monoisotopic (exact) mass is 260 g/mol. The van der Waals surface area contributed by atoms with E-state index in [1.807, 2.05) is 25.1 Å². The predicted molar refractivity (Wildman–Crippen MR) is 72.5 cm³/mol. The van der Waals surface area contributed by atoms with Gasteiger partial charge in [0.05, 0.1) is 17.6 Å². The van der Waals surface area contributed by atoms with E-state index in [4.69, 9.17) is 4.52 Å². The van der Waals surface area contributed by atoms with Crippen LogP contribution in [0.5, 0.6) is 0 Å². The van der Waals surface area contributed by atoms with Crippen LogP contribution < -0.4 is 10.2 Å². The van der Waals surface area contributed by atoms with Crippen molar-refractivity contribution in [3.63, 3.8) is 0 Å². The summed E-state index contributed by atoms with van der Waals surface area (Å²) in [7, 11) is 3.81. The minimum Gasteiger partial charge on any atom is -0.363 e. The molecule has 0 aliphatic heterocycles. The quantitative estimate of drug-likeness (QED) is 0.914. The number of pyridine rings is 1. The molecule has 1 amide bonds. The second kappa shape index (κ2) is 5.09. The van der Waals surface area contributed by atoms with Gasteiger partial charge in [-0.05, 0) is 26.0 Å².